The molecule has 0 radical (unpaired) electrons. The second kappa shape index (κ2) is 4.56. The lowest BCUT2D eigenvalue weighted by molar-refractivity contribution is -0.385. The van der Waals surface area contributed by atoms with Crippen LogP contribution in [-0.4, -0.2) is 16.0 Å². The molecule has 0 fully saturated rings. The molecule has 78 valence electrons. The van der Waals surface area contributed by atoms with E-state index in [1.54, 1.807) is 0 Å². The smallest absolute Gasteiger partial charge is 0.328 e. The zero-order valence-corrected chi connectivity index (χ0v) is 8.14. The number of nitro groups is 1. The number of carbonyl (C=O) groups is 1. The number of carboxylic acid groups (broad SMARTS) is 1. The minimum absolute atomic E-state index is 0.0894. The van der Waals surface area contributed by atoms with Crippen molar-refractivity contribution in [1.82, 2.24) is 0 Å². The van der Waals surface area contributed by atoms with Gasteiger partial charge in [0.05, 0.1) is 15.5 Å². The molecule has 0 aromatic heterocycles. The SMILES string of the molecule is O=C(O)/C=C/c1c(Cl)cccc1[N+](=O)[O-]. The van der Waals surface area contributed by atoms with Gasteiger partial charge in [-0.2, -0.15) is 0 Å². The van der Waals surface area contributed by atoms with Gasteiger partial charge in [-0.3, -0.25) is 10.1 Å². The van der Waals surface area contributed by atoms with Crippen molar-refractivity contribution in [3.05, 3.63) is 45.0 Å². The molecule has 15 heavy (non-hydrogen) atoms. The molecule has 0 unspecified atom stereocenters. The molecule has 0 saturated heterocycles. The van der Waals surface area contributed by atoms with Crippen molar-refractivity contribution < 1.29 is 14.8 Å². The van der Waals surface area contributed by atoms with E-state index in [0.29, 0.717) is 0 Å². The average Bonchev–Trinajstić information content (AvgIpc) is 2.15. The molecule has 0 saturated carbocycles. The molecule has 0 bridgehead atoms. The molecule has 0 aliphatic carbocycles. The van der Waals surface area contributed by atoms with Gasteiger partial charge in [-0.1, -0.05) is 17.7 Å². The van der Waals surface area contributed by atoms with Gasteiger partial charge in [0, 0.05) is 12.1 Å². The van der Waals surface area contributed by atoms with E-state index in [1.165, 1.54) is 18.2 Å². The summed E-state index contributed by atoms with van der Waals surface area (Å²) >= 11 is 5.71. The van der Waals surface area contributed by atoms with Crippen LogP contribution in [0, 0.1) is 10.1 Å². The number of halogens is 1. The maximum absolute atomic E-state index is 10.6. The third-order valence-corrected chi connectivity index (χ3v) is 1.95. The number of hydrogen-bond donors (Lipinski definition) is 1. The predicted molar refractivity (Wildman–Crippen MR) is 54.8 cm³/mol. The highest BCUT2D eigenvalue weighted by Crippen LogP contribution is 2.27. The number of carboxylic acids is 1. The summed E-state index contributed by atoms with van der Waals surface area (Å²) in [6, 6.07) is 4.14. The fraction of sp³-hybridized carbons (Fsp3) is 0. The molecule has 0 amide bonds. The molecule has 5 nitrogen and oxygen atoms in total. The highest BCUT2D eigenvalue weighted by atomic mass is 35.5. The molecule has 0 heterocycles. The van der Waals surface area contributed by atoms with Gasteiger partial charge < -0.3 is 5.11 Å². The summed E-state index contributed by atoms with van der Waals surface area (Å²) < 4.78 is 0. The van der Waals surface area contributed by atoms with E-state index in [2.05, 4.69) is 0 Å². The Morgan fingerprint density at radius 1 is 1.53 bits per heavy atom. The third-order valence-electron chi connectivity index (χ3n) is 1.62. The van der Waals surface area contributed by atoms with Crippen molar-refractivity contribution in [3.8, 4) is 0 Å². The van der Waals surface area contributed by atoms with Crippen LogP contribution in [0.5, 0.6) is 0 Å². The number of hydrogen-bond acceptors (Lipinski definition) is 3. The number of nitrogens with zero attached hydrogens (tertiary/aromatic N) is 1. The quantitative estimate of drug-likeness (QED) is 0.488. The maximum atomic E-state index is 10.6. The van der Waals surface area contributed by atoms with Gasteiger partial charge in [0.1, 0.15) is 0 Å². The van der Waals surface area contributed by atoms with Crippen LogP contribution >= 0.6 is 11.6 Å². The fourth-order valence-electron chi connectivity index (χ4n) is 1.00. The Kier molecular flexibility index (Phi) is 3.41. The lowest BCUT2D eigenvalue weighted by atomic mass is 10.1. The Morgan fingerprint density at radius 2 is 2.20 bits per heavy atom. The monoisotopic (exact) mass is 227 g/mol. The van der Waals surface area contributed by atoms with Crippen molar-refractivity contribution in [2.45, 2.75) is 0 Å². The number of rotatable bonds is 3. The van der Waals surface area contributed by atoms with Gasteiger partial charge in [-0.25, -0.2) is 4.79 Å². The molecule has 6 heteroatoms. The molecule has 0 aliphatic rings. The van der Waals surface area contributed by atoms with E-state index in [1.807, 2.05) is 0 Å². The zero-order chi connectivity index (χ0) is 11.4. The summed E-state index contributed by atoms with van der Waals surface area (Å²) in [5.41, 5.74) is -0.133. The topological polar surface area (TPSA) is 80.4 Å². The normalized spacial score (nSPS) is 10.5. The van der Waals surface area contributed by atoms with Gasteiger partial charge in [0.25, 0.3) is 5.69 Å². The van der Waals surface area contributed by atoms with Crippen molar-refractivity contribution >= 4 is 29.3 Å². The van der Waals surface area contributed by atoms with Crippen LogP contribution < -0.4 is 0 Å². The molecule has 0 aliphatic heterocycles. The number of benzene rings is 1. The first-order valence-electron chi connectivity index (χ1n) is 3.86. The van der Waals surface area contributed by atoms with Crippen molar-refractivity contribution in [2.24, 2.45) is 0 Å². The molecular weight excluding hydrogens is 222 g/mol. The summed E-state index contributed by atoms with van der Waals surface area (Å²) in [6.45, 7) is 0. The Labute approximate surface area is 89.7 Å². The van der Waals surface area contributed by atoms with Crippen LogP contribution in [0.3, 0.4) is 0 Å². The van der Waals surface area contributed by atoms with E-state index in [9.17, 15) is 14.9 Å². The standard InChI is InChI=1S/C9H6ClNO4/c10-7-2-1-3-8(11(14)15)6(7)4-5-9(12)13/h1-5H,(H,12,13)/b5-4+. The lowest BCUT2D eigenvalue weighted by Crippen LogP contribution is -1.93. The Balaban J connectivity index is 3.25. The van der Waals surface area contributed by atoms with Crippen LogP contribution in [-0.2, 0) is 4.79 Å². The van der Waals surface area contributed by atoms with Crippen molar-refractivity contribution in [2.75, 3.05) is 0 Å². The molecule has 0 spiro atoms. The first-order valence-corrected chi connectivity index (χ1v) is 4.24. The highest BCUT2D eigenvalue weighted by molar-refractivity contribution is 6.32. The van der Waals surface area contributed by atoms with Crippen LogP contribution in [0.4, 0.5) is 5.69 Å². The van der Waals surface area contributed by atoms with Crippen molar-refractivity contribution in [3.63, 3.8) is 0 Å². The maximum Gasteiger partial charge on any atom is 0.328 e. The summed E-state index contributed by atoms with van der Waals surface area (Å²) in [6.07, 6.45) is 1.90. The van der Waals surface area contributed by atoms with Crippen molar-refractivity contribution in [1.29, 1.82) is 0 Å². The van der Waals surface area contributed by atoms with Gasteiger partial charge >= 0.3 is 5.97 Å². The molecular formula is C9H6ClNO4. The minimum atomic E-state index is -1.19. The highest BCUT2D eigenvalue weighted by Gasteiger charge is 2.13. The minimum Gasteiger partial charge on any atom is -0.478 e. The molecule has 1 N–H and O–H groups in total. The lowest BCUT2D eigenvalue weighted by Gasteiger charge is -1.98. The first-order chi connectivity index (χ1) is 7.02. The van der Waals surface area contributed by atoms with Gasteiger partial charge in [-0.05, 0) is 12.1 Å². The fourth-order valence-corrected chi connectivity index (χ4v) is 1.24. The first kappa shape index (κ1) is 11.2. The average molecular weight is 228 g/mol. The van der Waals surface area contributed by atoms with E-state index in [4.69, 9.17) is 16.7 Å². The third kappa shape index (κ3) is 2.78. The molecule has 1 aromatic carbocycles. The van der Waals surface area contributed by atoms with Gasteiger partial charge in [-0.15, -0.1) is 0 Å². The largest absolute Gasteiger partial charge is 0.478 e. The Morgan fingerprint density at radius 3 is 2.73 bits per heavy atom. The summed E-state index contributed by atoms with van der Waals surface area (Å²) in [4.78, 5) is 20.2. The van der Waals surface area contributed by atoms with E-state index in [-0.39, 0.29) is 16.3 Å². The summed E-state index contributed by atoms with van der Waals surface area (Å²) in [5.74, 6) is -1.19. The van der Waals surface area contributed by atoms with Crippen LogP contribution in [0.2, 0.25) is 5.02 Å². The molecule has 1 rings (SSSR count). The Hall–Kier alpha value is -1.88. The zero-order valence-electron chi connectivity index (χ0n) is 7.38. The molecule has 0 atom stereocenters. The van der Waals surface area contributed by atoms with E-state index in [0.717, 1.165) is 12.2 Å². The van der Waals surface area contributed by atoms with Gasteiger partial charge in [0.15, 0.2) is 0 Å². The molecule has 1 aromatic rings. The Bertz CT molecular complexity index is 442. The van der Waals surface area contributed by atoms with Crippen LogP contribution in [0.15, 0.2) is 24.3 Å². The van der Waals surface area contributed by atoms with Gasteiger partial charge in [0.2, 0.25) is 0 Å². The van der Waals surface area contributed by atoms with Crippen LogP contribution in [0.1, 0.15) is 5.56 Å². The summed E-state index contributed by atoms with van der Waals surface area (Å²) in [5, 5.41) is 19.1. The number of aliphatic carboxylic acids is 1. The van der Waals surface area contributed by atoms with E-state index >= 15 is 0 Å². The second-order valence-corrected chi connectivity index (χ2v) is 3.01. The predicted octanol–water partition coefficient (Wildman–Crippen LogP) is 2.35. The van der Waals surface area contributed by atoms with Crippen LogP contribution in [0.25, 0.3) is 6.08 Å². The van der Waals surface area contributed by atoms with E-state index < -0.39 is 10.9 Å². The summed E-state index contributed by atoms with van der Waals surface area (Å²) in [7, 11) is 0. The second-order valence-electron chi connectivity index (χ2n) is 2.60. The number of nitro benzene ring substituents is 1.